The van der Waals surface area contributed by atoms with Crippen molar-refractivity contribution >= 4 is 17.6 Å². The largest absolute Gasteiger partial charge is 0.466 e. The Morgan fingerprint density at radius 1 is 1.32 bits per heavy atom. The zero-order valence-electron chi connectivity index (χ0n) is 11.8. The summed E-state index contributed by atoms with van der Waals surface area (Å²) < 4.78 is 5.12. The molecule has 0 aliphatic heterocycles. The van der Waals surface area contributed by atoms with Crippen molar-refractivity contribution in [2.75, 3.05) is 6.61 Å². The van der Waals surface area contributed by atoms with E-state index in [4.69, 9.17) is 16.3 Å². The molecule has 1 unspecified atom stereocenters. The number of benzene rings is 1. The Balaban J connectivity index is 2.41. The molecule has 0 aliphatic rings. The van der Waals surface area contributed by atoms with Gasteiger partial charge < -0.3 is 4.74 Å². The lowest BCUT2D eigenvalue weighted by Crippen LogP contribution is -2.18. The van der Waals surface area contributed by atoms with Crippen molar-refractivity contribution in [2.24, 2.45) is 5.92 Å². The Bertz CT molecular complexity index is 390. The molecule has 1 rings (SSSR count). The second-order valence-electron chi connectivity index (χ2n) is 4.76. The summed E-state index contributed by atoms with van der Waals surface area (Å²) in [6.07, 6.45) is 4.76. The topological polar surface area (TPSA) is 26.3 Å². The molecule has 0 aliphatic carbocycles. The zero-order valence-corrected chi connectivity index (χ0v) is 12.6. The van der Waals surface area contributed by atoms with Crippen LogP contribution in [-0.4, -0.2) is 12.6 Å². The third kappa shape index (κ3) is 6.11. The molecule has 0 bridgehead atoms. The van der Waals surface area contributed by atoms with E-state index in [0.29, 0.717) is 6.61 Å². The number of rotatable bonds is 8. The molecule has 3 heteroatoms. The molecule has 0 saturated heterocycles. The molecule has 0 fully saturated rings. The van der Waals surface area contributed by atoms with Crippen LogP contribution in [0, 0.1) is 5.92 Å². The highest BCUT2D eigenvalue weighted by Gasteiger charge is 2.18. The Morgan fingerprint density at radius 2 is 2.11 bits per heavy atom. The average Bonchev–Trinajstić information content (AvgIpc) is 2.38. The number of hydrogen-bond donors (Lipinski definition) is 0. The molecule has 1 aromatic carbocycles. The van der Waals surface area contributed by atoms with E-state index < -0.39 is 0 Å². The first-order valence-corrected chi connectivity index (χ1v) is 7.46. The maximum atomic E-state index is 11.8. The first kappa shape index (κ1) is 16.0. The first-order chi connectivity index (χ1) is 9.17. The molecule has 0 radical (unpaired) electrons. The van der Waals surface area contributed by atoms with E-state index in [-0.39, 0.29) is 11.9 Å². The third-order valence-electron chi connectivity index (χ3n) is 3.16. The van der Waals surface area contributed by atoms with Gasteiger partial charge in [0.15, 0.2) is 0 Å². The van der Waals surface area contributed by atoms with Gasteiger partial charge in [-0.3, -0.25) is 4.79 Å². The molecule has 0 N–H and O–H groups in total. The van der Waals surface area contributed by atoms with Crippen molar-refractivity contribution in [1.29, 1.82) is 0 Å². The van der Waals surface area contributed by atoms with Crippen LogP contribution in [-0.2, 0) is 16.0 Å². The summed E-state index contributed by atoms with van der Waals surface area (Å²) in [5.74, 6) is -0.000390. The molecule has 106 valence electrons. The highest BCUT2D eigenvalue weighted by Crippen LogP contribution is 2.19. The molecule has 0 heterocycles. The summed E-state index contributed by atoms with van der Waals surface area (Å²) >= 11 is 5.95. The van der Waals surface area contributed by atoms with Gasteiger partial charge in [-0.25, -0.2) is 0 Å². The van der Waals surface area contributed by atoms with Crippen LogP contribution >= 0.6 is 11.6 Å². The average molecular weight is 283 g/mol. The molecule has 0 saturated carbocycles. The minimum atomic E-state index is -0.0459. The number of esters is 1. The van der Waals surface area contributed by atoms with E-state index >= 15 is 0 Å². The number of hydrogen-bond acceptors (Lipinski definition) is 2. The van der Waals surface area contributed by atoms with Gasteiger partial charge in [0.2, 0.25) is 0 Å². The zero-order chi connectivity index (χ0) is 14.1. The Morgan fingerprint density at radius 3 is 2.74 bits per heavy atom. The van der Waals surface area contributed by atoms with Crippen LogP contribution in [0.5, 0.6) is 0 Å². The summed E-state index contributed by atoms with van der Waals surface area (Å²) in [7, 11) is 0. The summed E-state index contributed by atoms with van der Waals surface area (Å²) in [5.41, 5.74) is 1.23. The standard InChI is InChI=1S/C16H23ClO2/c1-3-7-14(16(18)19-4-2)10-5-8-13-9-6-11-15(17)12-13/h6,9,11-12,14H,3-5,7-8,10H2,1-2H3. The lowest BCUT2D eigenvalue weighted by Gasteiger charge is -2.14. The fraction of sp³-hybridized carbons (Fsp3) is 0.562. The van der Waals surface area contributed by atoms with Gasteiger partial charge in [-0.1, -0.05) is 37.1 Å². The number of aryl methyl sites for hydroxylation is 1. The van der Waals surface area contributed by atoms with Gasteiger partial charge in [0.05, 0.1) is 12.5 Å². The van der Waals surface area contributed by atoms with E-state index in [2.05, 4.69) is 13.0 Å². The van der Waals surface area contributed by atoms with Crippen molar-refractivity contribution in [2.45, 2.75) is 46.0 Å². The molecule has 0 aromatic heterocycles. The van der Waals surface area contributed by atoms with Gasteiger partial charge in [0.1, 0.15) is 0 Å². The minimum absolute atomic E-state index is 0.0455. The quantitative estimate of drug-likeness (QED) is 0.649. The van der Waals surface area contributed by atoms with Gasteiger partial charge in [-0.2, -0.15) is 0 Å². The predicted octanol–water partition coefficient (Wildman–Crippen LogP) is 4.64. The Hall–Kier alpha value is -1.02. The van der Waals surface area contributed by atoms with Crippen LogP contribution in [0.25, 0.3) is 0 Å². The maximum absolute atomic E-state index is 11.8. The number of ether oxygens (including phenoxy) is 1. The van der Waals surface area contributed by atoms with Crippen LogP contribution in [0.3, 0.4) is 0 Å². The van der Waals surface area contributed by atoms with Gasteiger partial charge >= 0.3 is 5.97 Å². The molecule has 19 heavy (non-hydrogen) atoms. The number of carbonyl (C=O) groups excluding carboxylic acids is 1. The first-order valence-electron chi connectivity index (χ1n) is 7.08. The summed E-state index contributed by atoms with van der Waals surface area (Å²) in [4.78, 5) is 11.8. The van der Waals surface area contributed by atoms with Gasteiger partial charge in [0.25, 0.3) is 0 Å². The van der Waals surface area contributed by atoms with E-state index in [0.717, 1.165) is 37.1 Å². The normalized spacial score (nSPS) is 12.2. The second kappa shape index (κ2) is 8.98. The van der Waals surface area contributed by atoms with Crippen LogP contribution < -0.4 is 0 Å². The van der Waals surface area contributed by atoms with E-state index in [1.807, 2.05) is 25.1 Å². The Kier molecular flexibility index (Phi) is 7.57. The fourth-order valence-corrected chi connectivity index (χ4v) is 2.45. The summed E-state index contributed by atoms with van der Waals surface area (Å²) in [6, 6.07) is 7.90. The van der Waals surface area contributed by atoms with Crippen molar-refractivity contribution in [3.8, 4) is 0 Å². The van der Waals surface area contributed by atoms with Gasteiger partial charge in [0, 0.05) is 5.02 Å². The fourth-order valence-electron chi connectivity index (χ4n) is 2.23. The van der Waals surface area contributed by atoms with E-state index in [1.54, 1.807) is 0 Å². The molecular weight excluding hydrogens is 260 g/mol. The Labute approximate surface area is 121 Å². The maximum Gasteiger partial charge on any atom is 0.308 e. The summed E-state index contributed by atoms with van der Waals surface area (Å²) in [6.45, 7) is 4.42. The van der Waals surface area contributed by atoms with Crippen molar-refractivity contribution < 1.29 is 9.53 Å². The lowest BCUT2D eigenvalue weighted by atomic mass is 9.95. The second-order valence-corrected chi connectivity index (χ2v) is 5.20. The molecule has 2 nitrogen and oxygen atoms in total. The van der Waals surface area contributed by atoms with Crippen LogP contribution in [0.15, 0.2) is 24.3 Å². The smallest absolute Gasteiger partial charge is 0.308 e. The lowest BCUT2D eigenvalue weighted by molar-refractivity contribution is -0.148. The van der Waals surface area contributed by atoms with E-state index in [9.17, 15) is 4.79 Å². The van der Waals surface area contributed by atoms with Gasteiger partial charge in [-0.05, 0) is 50.3 Å². The molecular formula is C16H23ClO2. The summed E-state index contributed by atoms with van der Waals surface area (Å²) in [5, 5.41) is 0.771. The van der Waals surface area contributed by atoms with Crippen molar-refractivity contribution in [3.05, 3.63) is 34.9 Å². The molecule has 1 atom stereocenters. The number of carbonyl (C=O) groups is 1. The number of halogens is 1. The molecule has 1 aromatic rings. The van der Waals surface area contributed by atoms with Crippen molar-refractivity contribution in [1.82, 2.24) is 0 Å². The molecule has 0 spiro atoms. The van der Waals surface area contributed by atoms with Crippen LogP contribution in [0.4, 0.5) is 0 Å². The van der Waals surface area contributed by atoms with Crippen molar-refractivity contribution in [3.63, 3.8) is 0 Å². The SMILES string of the molecule is CCCC(CCCc1cccc(Cl)c1)C(=O)OCC. The highest BCUT2D eigenvalue weighted by molar-refractivity contribution is 6.30. The molecule has 0 amide bonds. The monoisotopic (exact) mass is 282 g/mol. The van der Waals surface area contributed by atoms with Crippen LogP contribution in [0.2, 0.25) is 5.02 Å². The van der Waals surface area contributed by atoms with Crippen LogP contribution in [0.1, 0.15) is 45.1 Å². The highest BCUT2D eigenvalue weighted by atomic mass is 35.5. The predicted molar refractivity (Wildman–Crippen MR) is 79.4 cm³/mol. The van der Waals surface area contributed by atoms with Gasteiger partial charge in [-0.15, -0.1) is 0 Å². The minimum Gasteiger partial charge on any atom is -0.466 e. The van der Waals surface area contributed by atoms with E-state index in [1.165, 1.54) is 5.56 Å². The third-order valence-corrected chi connectivity index (χ3v) is 3.40.